The summed E-state index contributed by atoms with van der Waals surface area (Å²) in [7, 11) is 1.56. The van der Waals surface area contributed by atoms with E-state index in [4.69, 9.17) is 10.5 Å². The number of halogens is 4. The fourth-order valence-electron chi connectivity index (χ4n) is 1.93. The van der Waals surface area contributed by atoms with Gasteiger partial charge in [0, 0.05) is 17.3 Å². The van der Waals surface area contributed by atoms with E-state index >= 15 is 0 Å². The number of rotatable bonds is 3. The van der Waals surface area contributed by atoms with Crippen molar-refractivity contribution >= 4 is 35.6 Å². The summed E-state index contributed by atoms with van der Waals surface area (Å²) in [4.78, 5) is 4.01. The number of anilines is 1. The van der Waals surface area contributed by atoms with Crippen LogP contribution in [0.1, 0.15) is 11.1 Å². The fraction of sp³-hybridized carbons (Fsp3) is 0.167. The number of nitrogens with two attached hydrogens (primary N) is 1. The van der Waals surface area contributed by atoms with Crippen LogP contribution >= 0.6 is 24.0 Å². The number of aliphatic imine (C=N–C) groups is 1. The highest BCUT2D eigenvalue weighted by Gasteiger charge is 2.30. The predicted octanol–water partition coefficient (Wildman–Crippen LogP) is 4.11. The molecule has 2 aromatic carbocycles. The molecule has 0 bridgehead atoms. The van der Waals surface area contributed by atoms with Crippen LogP contribution in [0.15, 0.2) is 53.5 Å². The van der Waals surface area contributed by atoms with Crippen LogP contribution in [-0.4, -0.2) is 19.6 Å². The van der Waals surface area contributed by atoms with Gasteiger partial charge in [0.15, 0.2) is 5.96 Å². The van der Waals surface area contributed by atoms with Gasteiger partial charge in [-0.05, 0) is 30.3 Å². The third-order valence-corrected chi connectivity index (χ3v) is 3.09. The Morgan fingerprint density at radius 2 is 1.92 bits per heavy atom. The number of nitrogens with one attached hydrogen (secondary N) is 1. The highest BCUT2D eigenvalue weighted by Crippen LogP contribution is 2.29. The van der Waals surface area contributed by atoms with Gasteiger partial charge in [-0.2, -0.15) is 13.2 Å². The number of methoxy groups -OCH3 is 1. The van der Waals surface area contributed by atoms with Crippen LogP contribution in [0.25, 0.3) is 0 Å². The summed E-state index contributed by atoms with van der Waals surface area (Å²) in [5.41, 5.74) is 5.97. The molecule has 0 unspecified atom stereocenters. The molecule has 0 aliphatic rings. The third kappa shape index (κ3) is 6.84. The fourth-order valence-corrected chi connectivity index (χ4v) is 1.93. The molecule has 8 heteroatoms. The van der Waals surface area contributed by atoms with Crippen molar-refractivity contribution in [3.8, 4) is 17.6 Å². The molecule has 0 aliphatic heterocycles. The van der Waals surface area contributed by atoms with Crippen molar-refractivity contribution in [3.05, 3.63) is 59.7 Å². The molecule has 0 amide bonds. The Labute approximate surface area is 166 Å². The normalized spacial score (nSPS) is 11.0. The first-order valence-electron chi connectivity index (χ1n) is 7.25. The lowest BCUT2D eigenvalue weighted by Crippen LogP contribution is -2.22. The minimum absolute atomic E-state index is 0. The third-order valence-electron chi connectivity index (χ3n) is 3.09. The van der Waals surface area contributed by atoms with Crippen LogP contribution in [0.3, 0.4) is 0 Å². The minimum Gasteiger partial charge on any atom is -0.497 e. The maximum atomic E-state index is 12.6. The topological polar surface area (TPSA) is 59.6 Å². The van der Waals surface area contributed by atoms with Crippen molar-refractivity contribution in [2.24, 2.45) is 10.7 Å². The van der Waals surface area contributed by atoms with Gasteiger partial charge < -0.3 is 15.8 Å². The molecule has 0 saturated carbocycles. The quantitative estimate of drug-likeness (QED) is 0.304. The zero-order valence-corrected chi connectivity index (χ0v) is 16.1. The van der Waals surface area contributed by atoms with Crippen molar-refractivity contribution in [1.29, 1.82) is 0 Å². The van der Waals surface area contributed by atoms with Crippen molar-refractivity contribution in [1.82, 2.24) is 0 Å². The number of hydrogen-bond acceptors (Lipinski definition) is 2. The monoisotopic (exact) mass is 475 g/mol. The largest absolute Gasteiger partial charge is 0.497 e. The average Bonchev–Trinajstić information content (AvgIpc) is 2.58. The van der Waals surface area contributed by atoms with Gasteiger partial charge in [-0.3, -0.25) is 0 Å². The summed E-state index contributed by atoms with van der Waals surface area (Å²) in [6, 6.07) is 11.9. The summed E-state index contributed by atoms with van der Waals surface area (Å²) in [5.74, 6) is 6.12. The molecule has 0 spiro atoms. The molecule has 2 aromatic rings. The molecule has 0 radical (unpaired) electrons. The van der Waals surface area contributed by atoms with Gasteiger partial charge in [-0.25, -0.2) is 4.99 Å². The number of benzene rings is 2. The van der Waals surface area contributed by atoms with E-state index in [0.717, 1.165) is 12.1 Å². The molecule has 26 heavy (non-hydrogen) atoms. The number of ether oxygens (including phenoxy) is 1. The number of alkyl halides is 3. The predicted molar refractivity (Wildman–Crippen MR) is 107 cm³/mol. The number of guanidine groups is 1. The second kappa shape index (κ2) is 9.91. The second-order valence-corrected chi connectivity index (χ2v) is 4.94. The molecule has 0 saturated heterocycles. The van der Waals surface area contributed by atoms with E-state index in [9.17, 15) is 13.2 Å². The van der Waals surface area contributed by atoms with E-state index in [1.54, 1.807) is 31.4 Å². The summed E-state index contributed by atoms with van der Waals surface area (Å²) in [5, 5.41) is 2.88. The number of hydrogen-bond donors (Lipinski definition) is 2. The molecule has 2 rings (SSSR count). The van der Waals surface area contributed by atoms with Crippen LogP contribution in [0.2, 0.25) is 0 Å². The lowest BCUT2D eigenvalue weighted by Gasteiger charge is -2.06. The van der Waals surface area contributed by atoms with Crippen molar-refractivity contribution in [3.63, 3.8) is 0 Å². The molecule has 0 aromatic heterocycles. The summed E-state index contributed by atoms with van der Waals surface area (Å²) >= 11 is 0. The van der Waals surface area contributed by atoms with Gasteiger partial charge in [0.2, 0.25) is 0 Å². The highest BCUT2D eigenvalue weighted by atomic mass is 127. The van der Waals surface area contributed by atoms with E-state index < -0.39 is 11.7 Å². The molecule has 0 atom stereocenters. The van der Waals surface area contributed by atoms with Gasteiger partial charge in [0.25, 0.3) is 0 Å². The molecule has 138 valence electrons. The first-order chi connectivity index (χ1) is 11.9. The van der Waals surface area contributed by atoms with Crippen LogP contribution in [0.5, 0.6) is 5.75 Å². The van der Waals surface area contributed by atoms with Crippen molar-refractivity contribution in [2.45, 2.75) is 6.18 Å². The van der Waals surface area contributed by atoms with Crippen molar-refractivity contribution < 1.29 is 17.9 Å². The molecular weight excluding hydrogens is 458 g/mol. The average molecular weight is 475 g/mol. The summed E-state index contributed by atoms with van der Waals surface area (Å²) < 4.78 is 43.0. The van der Waals surface area contributed by atoms with E-state index in [2.05, 4.69) is 22.2 Å². The molecule has 3 N–H and O–H groups in total. The van der Waals surface area contributed by atoms with E-state index in [0.29, 0.717) is 11.4 Å². The maximum absolute atomic E-state index is 12.6. The van der Waals surface area contributed by atoms with E-state index in [1.165, 1.54) is 12.1 Å². The summed E-state index contributed by atoms with van der Waals surface area (Å²) in [6.45, 7) is 0.0546. The highest BCUT2D eigenvalue weighted by molar-refractivity contribution is 14.0. The van der Waals surface area contributed by atoms with Crippen LogP contribution in [0.4, 0.5) is 18.9 Å². The summed E-state index contributed by atoms with van der Waals surface area (Å²) in [6.07, 6.45) is -4.39. The van der Waals surface area contributed by atoms with Gasteiger partial charge >= 0.3 is 6.18 Å². The maximum Gasteiger partial charge on any atom is 0.416 e. The van der Waals surface area contributed by atoms with E-state index in [-0.39, 0.29) is 42.0 Å². The Morgan fingerprint density at radius 1 is 1.19 bits per heavy atom. The first kappa shape index (κ1) is 21.6. The van der Waals surface area contributed by atoms with Crippen LogP contribution in [0, 0.1) is 11.8 Å². The standard InChI is InChI=1S/C18H16F3N3O.HI/c1-25-16-9-3-8-15(12-16)24-17(22)23-10-4-6-13-5-2-7-14(11-13)18(19,20)21;/h2-3,5,7-9,11-12H,10H2,1H3,(H3,22,23,24);1H. The molecule has 0 aliphatic carbocycles. The Hall–Kier alpha value is -2.41. The van der Waals surface area contributed by atoms with Crippen molar-refractivity contribution in [2.75, 3.05) is 19.0 Å². The number of nitrogens with zero attached hydrogens (tertiary/aromatic N) is 1. The Bertz CT molecular complexity index is 826. The lowest BCUT2D eigenvalue weighted by molar-refractivity contribution is -0.137. The molecular formula is C18H17F3IN3O. The van der Waals surface area contributed by atoms with Crippen LogP contribution < -0.4 is 15.8 Å². The SMILES string of the molecule is COc1cccc(NC(N)=NCC#Cc2cccc(C(F)(F)F)c2)c1.I. The smallest absolute Gasteiger partial charge is 0.416 e. The second-order valence-electron chi connectivity index (χ2n) is 4.94. The molecule has 0 heterocycles. The van der Waals surface area contributed by atoms with Gasteiger partial charge in [0.1, 0.15) is 12.3 Å². The van der Waals surface area contributed by atoms with E-state index in [1.807, 2.05) is 0 Å². The first-order valence-corrected chi connectivity index (χ1v) is 7.25. The lowest BCUT2D eigenvalue weighted by atomic mass is 10.1. The Balaban J connectivity index is 0.00000338. The molecule has 4 nitrogen and oxygen atoms in total. The zero-order valence-electron chi connectivity index (χ0n) is 13.8. The van der Waals surface area contributed by atoms with Crippen LogP contribution in [-0.2, 0) is 6.18 Å². The molecule has 0 fully saturated rings. The van der Waals surface area contributed by atoms with Gasteiger partial charge in [0.05, 0.1) is 12.7 Å². The minimum atomic E-state index is -4.39. The Kier molecular flexibility index (Phi) is 8.25. The van der Waals surface area contributed by atoms with Gasteiger partial charge in [-0.15, -0.1) is 24.0 Å². The zero-order chi connectivity index (χ0) is 18.3. The van der Waals surface area contributed by atoms with Gasteiger partial charge in [-0.1, -0.05) is 24.0 Å². The Morgan fingerprint density at radius 3 is 2.62 bits per heavy atom.